The van der Waals surface area contributed by atoms with E-state index in [1.54, 1.807) is 17.0 Å². The van der Waals surface area contributed by atoms with Crippen LogP contribution in [-0.4, -0.2) is 32.3 Å². The van der Waals surface area contributed by atoms with Gasteiger partial charge in [0, 0.05) is 19.2 Å². The molecule has 0 fully saturated rings. The van der Waals surface area contributed by atoms with Crippen molar-refractivity contribution in [2.45, 2.75) is 32.9 Å². The third kappa shape index (κ3) is 3.28. The first kappa shape index (κ1) is 17.6. The molecule has 3 N–H and O–H groups in total. The highest BCUT2D eigenvalue weighted by Crippen LogP contribution is 2.34. The highest BCUT2D eigenvalue weighted by Gasteiger charge is 2.27. The highest BCUT2D eigenvalue weighted by molar-refractivity contribution is 5.97. The summed E-state index contributed by atoms with van der Waals surface area (Å²) in [6, 6.07) is 7.55. The number of hydrogen-bond acceptors (Lipinski definition) is 5. The van der Waals surface area contributed by atoms with Crippen LogP contribution >= 0.6 is 0 Å². The zero-order valence-electron chi connectivity index (χ0n) is 14.4. The fourth-order valence-electron chi connectivity index (χ4n) is 3.08. The Morgan fingerprint density at radius 2 is 1.73 bits per heavy atom. The number of benzene rings is 2. The highest BCUT2D eigenvalue weighted by atomic mass is 16.7. The van der Waals surface area contributed by atoms with Crippen molar-refractivity contribution in [2.24, 2.45) is 0 Å². The number of ether oxygens (including phenoxy) is 1. The summed E-state index contributed by atoms with van der Waals surface area (Å²) in [5.74, 6) is -0.493. The molecule has 26 heavy (non-hydrogen) atoms. The van der Waals surface area contributed by atoms with Gasteiger partial charge in [0.25, 0.3) is 5.91 Å². The summed E-state index contributed by atoms with van der Waals surface area (Å²) in [6.45, 7) is 4.40. The van der Waals surface area contributed by atoms with Crippen molar-refractivity contribution in [3.05, 3.63) is 52.6 Å². The van der Waals surface area contributed by atoms with Gasteiger partial charge < -0.3 is 25.0 Å². The van der Waals surface area contributed by atoms with Crippen LogP contribution in [0.25, 0.3) is 0 Å². The molecule has 1 heterocycles. The normalized spacial score (nSPS) is 13.0. The lowest BCUT2D eigenvalue weighted by Gasteiger charge is -2.18. The molecule has 136 valence electrons. The van der Waals surface area contributed by atoms with Gasteiger partial charge in [-0.25, -0.2) is 4.79 Å². The van der Waals surface area contributed by atoms with Crippen LogP contribution in [0.2, 0.25) is 0 Å². The zero-order chi connectivity index (χ0) is 19.0. The van der Waals surface area contributed by atoms with E-state index in [0.717, 1.165) is 11.1 Å². The molecule has 0 bridgehead atoms. The average molecular weight is 357 g/mol. The fraction of sp³-hybridized carbons (Fsp3) is 0.263. The summed E-state index contributed by atoms with van der Waals surface area (Å²) in [4.78, 5) is 25.0. The summed E-state index contributed by atoms with van der Waals surface area (Å²) in [5, 5.41) is 28.7. The number of phenolic OH excluding ortho intramolecular Hbond substituents is 2. The first-order valence-electron chi connectivity index (χ1n) is 8.14. The Balaban J connectivity index is 1.86. The van der Waals surface area contributed by atoms with Crippen LogP contribution in [0.5, 0.6) is 17.2 Å². The number of rotatable bonds is 3. The topological polar surface area (TPSA) is 107 Å². The van der Waals surface area contributed by atoms with Gasteiger partial charge >= 0.3 is 6.16 Å². The molecule has 1 aliphatic heterocycles. The van der Waals surface area contributed by atoms with Gasteiger partial charge in [-0.2, -0.15) is 0 Å². The quantitative estimate of drug-likeness (QED) is 0.574. The predicted molar refractivity (Wildman–Crippen MR) is 92.5 cm³/mol. The number of carbonyl (C=O) groups is 2. The Morgan fingerprint density at radius 3 is 2.38 bits per heavy atom. The van der Waals surface area contributed by atoms with Crippen molar-refractivity contribution in [3.8, 4) is 17.2 Å². The molecule has 3 rings (SSSR count). The van der Waals surface area contributed by atoms with Crippen LogP contribution in [0.3, 0.4) is 0 Å². The minimum absolute atomic E-state index is 0.00588. The lowest BCUT2D eigenvalue weighted by molar-refractivity contribution is 0.0748. The summed E-state index contributed by atoms with van der Waals surface area (Å²) >= 11 is 0. The number of fused-ring (bicyclic) bond motifs is 1. The van der Waals surface area contributed by atoms with Gasteiger partial charge in [0.2, 0.25) is 0 Å². The molecule has 0 atom stereocenters. The van der Waals surface area contributed by atoms with Crippen LogP contribution < -0.4 is 4.74 Å². The summed E-state index contributed by atoms with van der Waals surface area (Å²) in [7, 11) is 0. The van der Waals surface area contributed by atoms with E-state index >= 15 is 0 Å². The van der Waals surface area contributed by atoms with E-state index < -0.39 is 6.16 Å². The van der Waals surface area contributed by atoms with Crippen molar-refractivity contribution < 1.29 is 29.6 Å². The second kappa shape index (κ2) is 6.59. The van der Waals surface area contributed by atoms with E-state index in [1.165, 1.54) is 18.2 Å². The van der Waals surface area contributed by atoms with Gasteiger partial charge in [0.05, 0.1) is 5.56 Å². The molecule has 7 nitrogen and oxygen atoms in total. The van der Waals surface area contributed by atoms with Gasteiger partial charge in [-0.3, -0.25) is 4.79 Å². The van der Waals surface area contributed by atoms with Gasteiger partial charge in [-0.15, -0.1) is 0 Å². The third-order valence-electron chi connectivity index (χ3n) is 4.39. The molecule has 0 aliphatic carbocycles. The van der Waals surface area contributed by atoms with Crippen molar-refractivity contribution in [1.82, 2.24) is 4.90 Å². The summed E-state index contributed by atoms with van der Waals surface area (Å²) < 4.78 is 4.64. The number of phenols is 2. The standard InChI is InChI=1S/C19H19NO6/c1-10(2)14-6-15(17(22)7-16(14)21)18(23)20-8-11-3-4-13(26-19(24)25)5-12(11)9-20/h3-7,10,21-22H,8-9H2,1-2H3,(H,24,25). The molecule has 2 aromatic carbocycles. The Morgan fingerprint density at radius 1 is 1.04 bits per heavy atom. The number of amides is 1. The third-order valence-corrected chi connectivity index (χ3v) is 4.39. The maximum Gasteiger partial charge on any atom is 0.511 e. The summed E-state index contributed by atoms with van der Waals surface area (Å²) in [6.07, 6.45) is -1.40. The van der Waals surface area contributed by atoms with Crippen molar-refractivity contribution in [3.63, 3.8) is 0 Å². The maximum atomic E-state index is 12.8. The van der Waals surface area contributed by atoms with E-state index in [4.69, 9.17) is 5.11 Å². The number of carboxylic acid groups (broad SMARTS) is 1. The largest absolute Gasteiger partial charge is 0.511 e. The number of carbonyl (C=O) groups excluding carboxylic acids is 1. The fourth-order valence-corrected chi connectivity index (χ4v) is 3.08. The molecule has 0 saturated carbocycles. The number of hydrogen-bond donors (Lipinski definition) is 3. The first-order valence-corrected chi connectivity index (χ1v) is 8.14. The Kier molecular flexibility index (Phi) is 4.46. The molecule has 7 heteroatoms. The molecule has 2 aromatic rings. The molecule has 1 aliphatic rings. The van der Waals surface area contributed by atoms with E-state index in [2.05, 4.69) is 4.74 Å². The van der Waals surface area contributed by atoms with E-state index in [0.29, 0.717) is 12.1 Å². The van der Waals surface area contributed by atoms with E-state index in [1.807, 2.05) is 13.8 Å². The van der Waals surface area contributed by atoms with Gasteiger partial charge in [0.15, 0.2) is 0 Å². The average Bonchev–Trinajstić information content (AvgIpc) is 2.96. The van der Waals surface area contributed by atoms with Crippen LogP contribution in [0.15, 0.2) is 30.3 Å². The van der Waals surface area contributed by atoms with Gasteiger partial charge in [-0.05, 0) is 40.8 Å². The molecule has 0 radical (unpaired) electrons. The Bertz CT molecular complexity index is 890. The molecule has 1 amide bonds. The molecular weight excluding hydrogens is 338 g/mol. The maximum absolute atomic E-state index is 12.8. The monoisotopic (exact) mass is 357 g/mol. The second-order valence-corrected chi connectivity index (χ2v) is 6.54. The zero-order valence-corrected chi connectivity index (χ0v) is 14.4. The predicted octanol–water partition coefficient (Wildman–Crippen LogP) is 3.43. The molecule has 0 unspecified atom stereocenters. The van der Waals surface area contributed by atoms with Crippen LogP contribution in [0, 0.1) is 0 Å². The first-order chi connectivity index (χ1) is 12.3. The SMILES string of the molecule is CC(C)c1cc(C(=O)N2Cc3ccc(OC(=O)O)cc3C2)c(O)cc1O. The molecule has 0 saturated heterocycles. The van der Waals surface area contributed by atoms with Crippen molar-refractivity contribution >= 4 is 12.1 Å². The van der Waals surface area contributed by atoms with Gasteiger partial charge in [0.1, 0.15) is 17.2 Å². The Labute approximate surface area is 150 Å². The van der Waals surface area contributed by atoms with E-state index in [-0.39, 0.29) is 41.2 Å². The van der Waals surface area contributed by atoms with Gasteiger partial charge in [-0.1, -0.05) is 19.9 Å². The van der Waals surface area contributed by atoms with Crippen LogP contribution in [0.4, 0.5) is 4.79 Å². The minimum atomic E-state index is -1.40. The van der Waals surface area contributed by atoms with Crippen LogP contribution in [0.1, 0.15) is 46.8 Å². The van der Waals surface area contributed by atoms with Crippen LogP contribution in [-0.2, 0) is 13.1 Å². The molecular formula is C19H19NO6. The van der Waals surface area contributed by atoms with E-state index in [9.17, 15) is 19.8 Å². The lowest BCUT2D eigenvalue weighted by Crippen LogP contribution is -2.25. The van der Waals surface area contributed by atoms with Crippen molar-refractivity contribution in [1.29, 1.82) is 0 Å². The Hall–Kier alpha value is -3.22. The number of nitrogens with zero attached hydrogens (tertiary/aromatic N) is 1. The van der Waals surface area contributed by atoms with Crippen molar-refractivity contribution in [2.75, 3.05) is 0 Å². The lowest BCUT2D eigenvalue weighted by atomic mass is 9.98. The molecule has 0 aromatic heterocycles. The number of aromatic hydroxyl groups is 2. The smallest absolute Gasteiger partial charge is 0.508 e. The second-order valence-electron chi connectivity index (χ2n) is 6.54. The summed E-state index contributed by atoms with van der Waals surface area (Å²) in [5.41, 5.74) is 2.39. The molecule has 0 spiro atoms. The minimum Gasteiger partial charge on any atom is -0.508 e.